The lowest BCUT2D eigenvalue weighted by Crippen LogP contribution is -2.15. The molecule has 0 saturated carbocycles. The summed E-state index contributed by atoms with van der Waals surface area (Å²) in [5, 5.41) is 4.84. The maximum absolute atomic E-state index is 9.89. The van der Waals surface area contributed by atoms with Crippen molar-refractivity contribution in [1.82, 2.24) is 0 Å². The molecule has 0 aromatic heterocycles. The van der Waals surface area contributed by atoms with Crippen LogP contribution in [0.3, 0.4) is 0 Å². The van der Waals surface area contributed by atoms with Gasteiger partial charge in [0, 0.05) is 11.4 Å². The van der Waals surface area contributed by atoms with E-state index in [1.165, 1.54) is 0 Å². The van der Waals surface area contributed by atoms with Gasteiger partial charge >= 0.3 is 0 Å². The van der Waals surface area contributed by atoms with E-state index in [1.807, 2.05) is 0 Å². The van der Waals surface area contributed by atoms with Gasteiger partial charge < -0.3 is 4.55 Å². The molecule has 0 heterocycles. The molecule has 0 aliphatic rings. The smallest absolute Gasteiger partial charge is 0.125 e. The van der Waals surface area contributed by atoms with Gasteiger partial charge in [0.05, 0.1) is 0 Å². The lowest BCUT2D eigenvalue weighted by atomic mass is 10.6. The molecule has 0 spiro atoms. The Balaban J connectivity index is 2.63. The molecule has 1 radical (unpaired) electrons. The Morgan fingerprint density at radius 1 is 1.83 bits per heavy atom. The molecule has 3 heteroatoms. The molecule has 1 atom stereocenters. The van der Waals surface area contributed by atoms with E-state index < -0.39 is 11.4 Å². The highest BCUT2D eigenvalue weighted by Crippen LogP contribution is 1.79. The molecule has 0 aromatic carbocycles. The fraction of sp³-hybridized carbons (Fsp3) is 0.667. The molecule has 6 heavy (non-hydrogen) atoms. The standard InChI is InChI=1S/C3H8NOS/c1-2-3-6(4)5/h1-4H2. The van der Waals surface area contributed by atoms with Gasteiger partial charge in [-0.2, -0.15) is 5.14 Å². The van der Waals surface area contributed by atoms with Crippen LogP contribution in [0.1, 0.15) is 6.42 Å². The zero-order valence-electron chi connectivity index (χ0n) is 3.52. The van der Waals surface area contributed by atoms with Gasteiger partial charge in [-0.05, 0) is 13.3 Å². The molecule has 37 valence electrons. The topological polar surface area (TPSA) is 49.1 Å². The summed E-state index contributed by atoms with van der Waals surface area (Å²) in [5.41, 5.74) is 0. The second-order valence-electron chi connectivity index (χ2n) is 0.938. The van der Waals surface area contributed by atoms with E-state index in [0.29, 0.717) is 12.2 Å². The predicted octanol–water partition coefficient (Wildman–Crippen LogP) is -0.167. The van der Waals surface area contributed by atoms with E-state index in [1.54, 1.807) is 0 Å². The Bertz CT molecular complexity index is 32.0. The van der Waals surface area contributed by atoms with E-state index in [-0.39, 0.29) is 0 Å². The van der Waals surface area contributed by atoms with E-state index in [2.05, 4.69) is 6.92 Å². The Kier molecular flexibility index (Phi) is 3.62. The maximum atomic E-state index is 9.89. The molecule has 0 bridgehead atoms. The van der Waals surface area contributed by atoms with Crippen molar-refractivity contribution in [2.45, 2.75) is 6.42 Å². The van der Waals surface area contributed by atoms with E-state index in [9.17, 15) is 4.55 Å². The lowest BCUT2D eigenvalue weighted by Gasteiger charge is -1.96. The zero-order chi connectivity index (χ0) is 4.99. The van der Waals surface area contributed by atoms with Crippen LogP contribution in [0.15, 0.2) is 0 Å². The highest BCUT2D eigenvalue weighted by molar-refractivity contribution is 7.89. The molecule has 0 saturated heterocycles. The number of rotatable bonds is 2. The summed E-state index contributed by atoms with van der Waals surface area (Å²) < 4.78 is 9.89. The first-order valence-electron chi connectivity index (χ1n) is 1.69. The van der Waals surface area contributed by atoms with Crippen LogP contribution in [-0.4, -0.2) is 10.3 Å². The highest BCUT2D eigenvalue weighted by atomic mass is 32.2. The molecule has 0 amide bonds. The fourth-order valence-corrected chi connectivity index (χ4v) is 0.427. The number of hydrogen-bond acceptors (Lipinski definition) is 2. The Labute approximate surface area is 41.0 Å². The van der Waals surface area contributed by atoms with Crippen molar-refractivity contribution in [3.63, 3.8) is 0 Å². The molecule has 0 aliphatic heterocycles. The summed E-state index contributed by atoms with van der Waals surface area (Å²) in [6.45, 7) is 3.45. The molecular weight excluding hydrogens is 98.1 g/mol. The summed E-state index contributed by atoms with van der Waals surface area (Å²) in [6.07, 6.45) is 0.656. The molecule has 0 aromatic rings. The van der Waals surface area contributed by atoms with Gasteiger partial charge in [0.1, 0.15) is 5.75 Å². The molecular formula is C3H8NOS. The van der Waals surface area contributed by atoms with Crippen LogP contribution in [0, 0.1) is 6.92 Å². The van der Waals surface area contributed by atoms with Gasteiger partial charge in [-0.1, -0.05) is 0 Å². The van der Waals surface area contributed by atoms with Crippen LogP contribution in [0.4, 0.5) is 0 Å². The SMILES string of the molecule is [CH2]CC[S+](N)[O-]. The second-order valence-corrected chi connectivity index (χ2v) is 2.11. The monoisotopic (exact) mass is 106 g/mol. The van der Waals surface area contributed by atoms with Gasteiger partial charge in [0.2, 0.25) is 0 Å². The first kappa shape index (κ1) is 6.27. The molecule has 0 aliphatic carbocycles. The van der Waals surface area contributed by atoms with Gasteiger partial charge in [-0.15, -0.1) is 0 Å². The average Bonchev–Trinajstić information content (AvgIpc) is 1.35. The summed E-state index contributed by atoms with van der Waals surface area (Å²) in [5.74, 6) is 0.514. The summed E-state index contributed by atoms with van der Waals surface area (Å²) >= 11 is -1.13. The van der Waals surface area contributed by atoms with Crippen LogP contribution in [0.5, 0.6) is 0 Å². The summed E-state index contributed by atoms with van der Waals surface area (Å²) in [7, 11) is 0. The maximum Gasteiger partial charge on any atom is 0.125 e. The largest absolute Gasteiger partial charge is 0.598 e. The zero-order valence-corrected chi connectivity index (χ0v) is 4.33. The van der Waals surface area contributed by atoms with Gasteiger partial charge in [0.25, 0.3) is 0 Å². The third kappa shape index (κ3) is 4.27. The van der Waals surface area contributed by atoms with Crippen molar-refractivity contribution in [3.05, 3.63) is 6.92 Å². The van der Waals surface area contributed by atoms with Crippen molar-refractivity contribution in [2.75, 3.05) is 5.75 Å². The van der Waals surface area contributed by atoms with Gasteiger partial charge in [0.15, 0.2) is 0 Å². The molecule has 2 N–H and O–H groups in total. The molecule has 1 unspecified atom stereocenters. The molecule has 0 rings (SSSR count). The first-order chi connectivity index (χ1) is 2.77. The third-order valence-corrected chi connectivity index (χ3v) is 1.04. The number of hydrogen-bond donors (Lipinski definition) is 1. The summed E-state index contributed by atoms with van der Waals surface area (Å²) in [4.78, 5) is 0. The Morgan fingerprint density at radius 2 is 2.33 bits per heavy atom. The van der Waals surface area contributed by atoms with Crippen molar-refractivity contribution >= 4 is 11.4 Å². The predicted molar refractivity (Wildman–Crippen MR) is 27.2 cm³/mol. The summed E-state index contributed by atoms with van der Waals surface area (Å²) in [6, 6.07) is 0. The van der Waals surface area contributed by atoms with Crippen molar-refractivity contribution in [2.24, 2.45) is 5.14 Å². The van der Waals surface area contributed by atoms with Crippen molar-refractivity contribution < 1.29 is 4.55 Å². The van der Waals surface area contributed by atoms with Crippen LogP contribution in [0.2, 0.25) is 0 Å². The highest BCUT2D eigenvalue weighted by Gasteiger charge is 1.89. The van der Waals surface area contributed by atoms with Crippen molar-refractivity contribution in [3.8, 4) is 0 Å². The van der Waals surface area contributed by atoms with E-state index in [4.69, 9.17) is 5.14 Å². The normalized spacial score (nSPS) is 14.5. The number of nitrogens with two attached hydrogens (primary N) is 1. The minimum atomic E-state index is -1.13. The van der Waals surface area contributed by atoms with Crippen LogP contribution < -0.4 is 5.14 Å². The minimum Gasteiger partial charge on any atom is -0.598 e. The van der Waals surface area contributed by atoms with Gasteiger partial charge in [-0.25, -0.2) is 0 Å². The van der Waals surface area contributed by atoms with Crippen LogP contribution >= 0.6 is 0 Å². The quantitative estimate of drug-likeness (QED) is 0.497. The molecule has 2 nitrogen and oxygen atoms in total. The second kappa shape index (κ2) is 3.46. The van der Waals surface area contributed by atoms with Gasteiger partial charge in [-0.3, -0.25) is 0 Å². The average molecular weight is 106 g/mol. The lowest BCUT2D eigenvalue weighted by molar-refractivity contribution is 0.596. The van der Waals surface area contributed by atoms with Crippen molar-refractivity contribution in [1.29, 1.82) is 0 Å². The fourth-order valence-electron chi connectivity index (χ4n) is 0.142. The minimum absolute atomic E-state index is 0.514. The Hall–Kier alpha value is 0.270. The van der Waals surface area contributed by atoms with Crippen LogP contribution in [-0.2, 0) is 11.4 Å². The van der Waals surface area contributed by atoms with E-state index >= 15 is 0 Å². The Morgan fingerprint density at radius 3 is 2.33 bits per heavy atom. The van der Waals surface area contributed by atoms with E-state index in [0.717, 1.165) is 0 Å². The molecule has 0 fully saturated rings. The third-order valence-electron chi connectivity index (χ3n) is 0.346. The van der Waals surface area contributed by atoms with Crippen LogP contribution in [0.25, 0.3) is 0 Å². The first-order valence-corrected chi connectivity index (χ1v) is 3.07.